The van der Waals surface area contributed by atoms with Gasteiger partial charge in [0.1, 0.15) is 11.3 Å². The molecule has 0 radical (unpaired) electrons. The SMILES string of the molecule is CCOC(=O)c1c(C)nn(-c2ccc(OC(F)F)cc2)c1C(C)C. The van der Waals surface area contributed by atoms with Gasteiger partial charge in [-0.15, -0.1) is 0 Å². The first kappa shape index (κ1) is 17.9. The number of halogens is 2. The van der Waals surface area contributed by atoms with Crippen LogP contribution in [0.4, 0.5) is 8.78 Å². The number of aromatic nitrogens is 2. The molecule has 2 aromatic rings. The second kappa shape index (κ2) is 7.42. The number of benzene rings is 1. The molecular formula is C17H20F2N2O3. The van der Waals surface area contributed by atoms with Gasteiger partial charge >= 0.3 is 12.6 Å². The van der Waals surface area contributed by atoms with E-state index >= 15 is 0 Å². The van der Waals surface area contributed by atoms with Crippen molar-refractivity contribution in [1.29, 1.82) is 0 Å². The molecule has 0 amide bonds. The molecule has 0 spiro atoms. The summed E-state index contributed by atoms with van der Waals surface area (Å²) in [6.07, 6.45) is 0. The van der Waals surface area contributed by atoms with Crippen LogP contribution in [0, 0.1) is 6.92 Å². The largest absolute Gasteiger partial charge is 0.462 e. The van der Waals surface area contributed by atoms with Crippen LogP contribution in [0.2, 0.25) is 0 Å². The first-order valence-electron chi connectivity index (χ1n) is 7.67. The monoisotopic (exact) mass is 338 g/mol. The molecule has 1 heterocycles. The molecule has 0 aliphatic carbocycles. The van der Waals surface area contributed by atoms with Gasteiger partial charge in [-0.3, -0.25) is 0 Å². The fraction of sp³-hybridized carbons (Fsp3) is 0.412. The summed E-state index contributed by atoms with van der Waals surface area (Å²) in [5.74, 6) is -0.334. The predicted octanol–water partition coefficient (Wildman–Crippen LogP) is 4.08. The molecule has 0 fully saturated rings. The van der Waals surface area contributed by atoms with Crippen molar-refractivity contribution in [2.75, 3.05) is 6.61 Å². The van der Waals surface area contributed by atoms with Crippen LogP contribution in [0.5, 0.6) is 5.75 Å². The number of ether oxygens (including phenoxy) is 2. The molecule has 0 N–H and O–H groups in total. The summed E-state index contributed by atoms with van der Waals surface area (Å²) >= 11 is 0. The Hall–Kier alpha value is -2.44. The molecule has 2 rings (SSSR count). The van der Waals surface area contributed by atoms with Crippen molar-refractivity contribution in [1.82, 2.24) is 9.78 Å². The van der Waals surface area contributed by atoms with E-state index in [2.05, 4.69) is 9.84 Å². The molecule has 0 unspecified atom stereocenters. The van der Waals surface area contributed by atoms with E-state index in [4.69, 9.17) is 4.74 Å². The van der Waals surface area contributed by atoms with Gasteiger partial charge in [0.15, 0.2) is 0 Å². The summed E-state index contributed by atoms with van der Waals surface area (Å²) in [4.78, 5) is 12.2. The summed E-state index contributed by atoms with van der Waals surface area (Å²) in [5.41, 5.74) is 2.37. The maximum atomic E-state index is 12.2. The molecule has 0 saturated carbocycles. The average molecular weight is 338 g/mol. The minimum Gasteiger partial charge on any atom is -0.462 e. The number of rotatable bonds is 6. The third-order valence-corrected chi connectivity index (χ3v) is 3.43. The number of carbonyl (C=O) groups excluding carboxylic acids is 1. The molecule has 1 aromatic carbocycles. The van der Waals surface area contributed by atoms with E-state index in [0.717, 1.165) is 0 Å². The highest BCUT2D eigenvalue weighted by molar-refractivity contribution is 5.92. The minimum absolute atomic E-state index is 0.0163. The Balaban J connectivity index is 2.46. The number of alkyl halides is 2. The molecule has 1 aromatic heterocycles. The minimum atomic E-state index is -2.87. The van der Waals surface area contributed by atoms with E-state index in [-0.39, 0.29) is 18.3 Å². The van der Waals surface area contributed by atoms with E-state index in [9.17, 15) is 13.6 Å². The normalized spacial score (nSPS) is 11.2. The van der Waals surface area contributed by atoms with Gasteiger partial charge in [-0.05, 0) is 44.0 Å². The molecule has 0 saturated heterocycles. The molecule has 0 bridgehead atoms. The van der Waals surface area contributed by atoms with E-state index in [1.165, 1.54) is 12.1 Å². The fourth-order valence-electron chi connectivity index (χ4n) is 2.50. The van der Waals surface area contributed by atoms with Gasteiger partial charge in [-0.2, -0.15) is 13.9 Å². The third kappa shape index (κ3) is 3.72. The Bertz CT molecular complexity index is 709. The first-order valence-corrected chi connectivity index (χ1v) is 7.67. The summed E-state index contributed by atoms with van der Waals surface area (Å²) in [6, 6.07) is 6.11. The molecule has 5 nitrogen and oxygen atoms in total. The lowest BCUT2D eigenvalue weighted by atomic mass is 10.0. The van der Waals surface area contributed by atoms with Gasteiger partial charge < -0.3 is 9.47 Å². The number of esters is 1. The lowest BCUT2D eigenvalue weighted by Gasteiger charge is -2.13. The van der Waals surface area contributed by atoms with Crippen LogP contribution in [0.1, 0.15) is 48.4 Å². The maximum absolute atomic E-state index is 12.2. The Labute approximate surface area is 139 Å². The standard InChI is InChI=1S/C17H20F2N2O3/c1-5-23-16(22)14-11(4)20-21(15(14)10(2)3)12-6-8-13(9-7-12)24-17(18)19/h6-10,17H,5H2,1-4H3. The van der Waals surface area contributed by atoms with Crippen molar-refractivity contribution >= 4 is 5.97 Å². The van der Waals surface area contributed by atoms with Crippen molar-refractivity contribution in [2.45, 2.75) is 40.2 Å². The van der Waals surface area contributed by atoms with Gasteiger partial charge in [0.25, 0.3) is 0 Å². The quantitative estimate of drug-likeness (QED) is 0.745. The number of hydrogen-bond acceptors (Lipinski definition) is 4. The summed E-state index contributed by atoms with van der Waals surface area (Å²) < 4.78 is 35.6. The Morgan fingerprint density at radius 2 is 1.88 bits per heavy atom. The van der Waals surface area contributed by atoms with E-state index in [1.807, 2.05) is 13.8 Å². The second-order valence-corrected chi connectivity index (χ2v) is 5.51. The van der Waals surface area contributed by atoms with Crippen LogP contribution in [0.25, 0.3) is 5.69 Å². The molecule has 0 aliphatic rings. The second-order valence-electron chi connectivity index (χ2n) is 5.51. The summed E-state index contributed by atoms with van der Waals surface area (Å²) in [7, 11) is 0. The van der Waals surface area contributed by atoms with Crippen LogP contribution in [-0.4, -0.2) is 29.0 Å². The zero-order valence-corrected chi connectivity index (χ0v) is 14.0. The first-order chi connectivity index (χ1) is 11.3. The molecular weight excluding hydrogens is 318 g/mol. The predicted molar refractivity (Wildman–Crippen MR) is 85.0 cm³/mol. The Kier molecular flexibility index (Phi) is 5.54. The fourth-order valence-corrected chi connectivity index (χ4v) is 2.50. The Morgan fingerprint density at radius 1 is 1.25 bits per heavy atom. The van der Waals surface area contributed by atoms with Gasteiger partial charge in [-0.1, -0.05) is 13.8 Å². The molecule has 0 atom stereocenters. The molecule has 7 heteroatoms. The van der Waals surface area contributed by atoms with Crippen LogP contribution < -0.4 is 4.74 Å². The smallest absolute Gasteiger partial charge is 0.387 e. The van der Waals surface area contributed by atoms with Crippen molar-refractivity contribution < 1.29 is 23.0 Å². The van der Waals surface area contributed by atoms with Crippen LogP contribution in [0.15, 0.2) is 24.3 Å². The van der Waals surface area contributed by atoms with E-state index in [1.54, 1.807) is 30.7 Å². The summed E-state index contributed by atoms with van der Waals surface area (Å²) in [6.45, 7) is 4.79. The van der Waals surface area contributed by atoms with Gasteiger partial charge in [0.2, 0.25) is 0 Å². The highest BCUT2D eigenvalue weighted by Gasteiger charge is 2.25. The van der Waals surface area contributed by atoms with Crippen molar-refractivity contribution in [3.8, 4) is 11.4 Å². The topological polar surface area (TPSA) is 53.3 Å². The highest BCUT2D eigenvalue weighted by Crippen LogP contribution is 2.27. The van der Waals surface area contributed by atoms with Gasteiger partial charge in [0, 0.05) is 0 Å². The van der Waals surface area contributed by atoms with E-state index < -0.39 is 12.6 Å². The van der Waals surface area contributed by atoms with Crippen LogP contribution in [-0.2, 0) is 4.74 Å². The number of hydrogen-bond donors (Lipinski definition) is 0. The van der Waals surface area contributed by atoms with Crippen LogP contribution >= 0.6 is 0 Å². The van der Waals surface area contributed by atoms with Crippen molar-refractivity contribution in [3.05, 3.63) is 41.2 Å². The summed E-state index contributed by atoms with van der Waals surface area (Å²) in [5, 5.41) is 4.42. The number of nitrogens with zero attached hydrogens (tertiary/aromatic N) is 2. The molecule has 130 valence electrons. The maximum Gasteiger partial charge on any atom is 0.387 e. The Morgan fingerprint density at radius 3 is 2.38 bits per heavy atom. The van der Waals surface area contributed by atoms with Crippen molar-refractivity contribution in [2.24, 2.45) is 0 Å². The highest BCUT2D eigenvalue weighted by atomic mass is 19.3. The zero-order valence-electron chi connectivity index (χ0n) is 14.0. The molecule has 0 aliphatic heterocycles. The van der Waals surface area contributed by atoms with Gasteiger partial charge in [-0.25, -0.2) is 9.48 Å². The third-order valence-electron chi connectivity index (χ3n) is 3.43. The van der Waals surface area contributed by atoms with Crippen molar-refractivity contribution in [3.63, 3.8) is 0 Å². The van der Waals surface area contributed by atoms with E-state index in [0.29, 0.717) is 22.6 Å². The lowest BCUT2D eigenvalue weighted by molar-refractivity contribution is -0.0498. The van der Waals surface area contributed by atoms with Gasteiger partial charge in [0.05, 0.1) is 23.7 Å². The lowest BCUT2D eigenvalue weighted by Crippen LogP contribution is -2.11. The average Bonchev–Trinajstić information content (AvgIpc) is 2.85. The number of aryl methyl sites for hydroxylation is 1. The van der Waals surface area contributed by atoms with Crippen LogP contribution in [0.3, 0.4) is 0 Å². The zero-order chi connectivity index (χ0) is 17.9. The number of carbonyl (C=O) groups is 1. The molecule has 24 heavy (non-hydrogen) atoms.